The molecule has 0 bridgehead atoms. The number of fused-ring (bicyclic) bond motifs is 1. The van der Waals surface area contributed by atoms with Gasteiger partial charge in [-0.3, -0.25) is 4.79 Å². The number of thioether (sulfide) groups is 1. The fourth-order valence-electron chi connectivity index (χ4n) is 3.48. The number of alkyl halides is 3. The summed E-state index contributed by atoms with van der Waals surface area (Å²) in [5.74, 6) is -0.683. The Hall–Kier alpha value is -2.73. The molecule has 0 aliphatic carbocycles. The van der Waals surface area contributed by atoms with E-state index in [1.807, 2.05) is 0 Å². The second-order valence-electron chi connectivity index (χ2n) is 7.10. The monoisotopic (exact) mass is 486 g/mol. The molecule has 0 N–H and O–H groups in total. The van der Waals surface area contributed by atoms with Crippen molar-refractivity contribution in [3.63, 3.8) is 0 Å². The normalized spacial score (nSPS) is 23.2. The smallest absolute Gasteiger partial charge is 0.484 e. The fourth-order valence-corrected chi connectivity index (χ4v) is 7.41. The summed E-state index contributed by atoms with van der Waals surface area (Å²) in [4.78, 5) is 18.1. The predicted octanol–water partition coefficient (Wildman–Crippen LogP) is 3.27. The van der Waals surface area contributed by atoms with Crippen molar-refractivity contribution < 1.29 is 35.9 Å². The van der Waals surface area contributed by atoms with E-state index in [0.29, 0.717) is 11.4 Å². The molecular weight excluding hydrogens is 469 g/mol. The summed E-state index contributed by atoms with van der Waals surface area (Å²) < 4.78 is 70.8. The van der Waals surface area contributed by atoms with Crippen molar-refractivity contribution >= 4 is 38.4 Å². The third kappa shape index (κ3) is 5.36. The Morgan fingerprint density at radius 3 is 2.41 bits per heavy atom. The lowest BCUT2D eigenvalue weighted by atomic mass is 10.2. The lowest BCUT2D eigenvalue weighted by Gasteiger charge is -2.24. The number of hydrogen-bond donors (Lipinski definition) is 0. The molecule has 170 valence electrons. The van der Waals surface area contributed by atoms with Gasteiger partial charge in [-0.1, -0.05) is 30.0 Å². The van der Waals surface area contributed by atoms with Gasteiger partial charge in [0, 0.05) is 10.9 Å². The first-order valence-corrected chi connectivity index (χ1v) is 12.1. The summed E-state index contributed by atoms with van der Waals surface area (Å²) >= 11 is 1.16. The third-order valence-corrected chi connectivity index (χ3v) is 7.95. The summed E-state index contributed by atoms with van der Waals surface area (Å²) in [5, 5.41) is -0.0613. The average molecular weight is 486 g/mol. The molecule has 0 aromatic heterocycles. The molecule has 0 saturated carbocycles. The van der Waals surface area contributed by atoms with Crippen LogP contribution < -0.4 is 14.4 Å². The molecule has 2 atom stereocenters. The van der Waals surface area contributed by atoms with Crippen LogP contribution in [0.15, 0.2) is 59.6 Å². The van der Waals surface area contributed by atoms with E-state index in [0.717, 1.165) is 23.9 Å². The first-order chi connectivity index (χ1) is 15.1. The Kier molecular flexibility index (Phi) is 6.08. The summed E-state index contributed by atoms with van der Waals surface area (Å²) in [5.41, 5.74) is 0.409. The quantitative estimate of drug-likeness (QED) is 0.641. The Morgan fingerprint density at radius 1 is 1.06 bits per heavy atom. The van der Waals surface area contributed by atoms with Gasteiger partial charge in [-0.25, -0.2) is 8.42 Å². The van der Waals surface area contributed by atoms with Crippen molar-refractivity contribution in [3.05, 3.63) is 54.6 Å². The molecule has 2 aliphatic heterocycles. The number of ether oxygens (including phenoxy) is 2. The van der Waals surface area contributed by atoms with Gasteiger partial charge in [0.25, 0.3) is 5.91 Å². The lowest BCUT2D eigenvalue weighted by molar-refractivity contribution is -0.274. The van der Waals surface area contributed by atoms with E-state index < -0.39 is 33.9 Å². The number of carbonyl (C=O) groups excluding carboxylic acids is 1. The number of hydrogen-bond acceptors (Lipinski definition) is 6. The highest BCUT2D eigenvalue weighted by atomic mass is 32.2. The molecule has 2 aromatic rings. The number of para-hydroxylation sites is 1. The van der Waals surface area contributed by atoms with Crippen LogP contribution in [-0.2, 0) is 14.6 Å². The number of benzene rings is 2. The van der Waals surface area contributed by atoms with E-state index in [1.54, 1.807) is 35.2 Å². The summed E-state index contributed by atoms with van der Waals surface area (Å²) in [6, 6.07) is 13.2. The summed E-state index contributed by atoms with van der Waals surface area (Å²) in [6.45, 7) is -0.312. The molecule has 2 heterocycles. The topological polar surface area (TPSA) is 85.3 Å². The number of amides is 1. The van der Waals surface area contributed by atoms with E-state index in [-0.39, 0.29) is 28.5 Å². The summed E-state index contributed by atoms with van der Waals surface area (Å²) in [7, 11) is -3.28. The van der Waals surface area contributed by atoms with Crippen LogP contribution in [0.25, 0.3) is 0 Å². The van der Waals surface area contributed by atoms with Crippen LogP contribution in [0.5, 0.6) is 11.5 Å². The minimum absolute atomic E-state index is 0.0676. The number of anilines is 1. The molecule has 32 heavy (non-hydrogen) atoms. The van der Waals surface area contributed by atoms with Gasteiger partial charge in [0.05, 0.1) is 17.5 Å². The number of amidine groups is 1. The van der Waals surface area contributed by atoms with Gasteiger partial charge in [0.2, 0.25) is 0 Å². The van der Waals surface area contributed by atoms with Crippen LogP contribution in [-0.4, -0.2) is 55.3 Å². The van der Waals surface area contributed by atoms with Crippen LogP contribution in [0, 0.1) is 0 Å². The maximum Gasteiger partial charge on any atom is 0.573 e. The zero-order valence-corrected chi connectivity index (χ0v) is 18.0. The fraction of sp³-hybridized carbons (Fsp3) is 0.300. The lowest BCUT2D eigenvalue weighted by Crippen LogP contribution is -2.37. The van der Waals surface area contributed by atoms with Crippen molar-refractivity contribution in [3.8, 4) is 11.5 Å². The zero-order valence-electron chi connectivity index (χ0n) is 16.4. The number of aliphatic imine (C=N–C) groups is 1. The second-order valence-corrected chi connectivity index (χ2v) is 10.5. The van der Waals surface area contributed by atoms with E-state index in [1.165, 1.54) is 12.1 Å². The highest BCUT2D eigenvalue weighted by molar-refractivity contribution is 8.16. The molecule has 7 nitrogen and oxygen atoms in total. The predicted molar refractivity (Wildman–Crippen MR) is 114 cm³/mol. The van der Waals surface area contributed by atoms with Crippen molar-refractivity contribution in [1.29, 1.82) is 0 Å². The number of nitrogens with zero attached hydrogens (tertiary/aromatic N) is 2. The van der Waals surface area contributed by atoms with Gasteiger partial charge in [-0.2, -0.15) is 4.99 Å². The van der Waals surface area contributed by atoms with Gasteiger partial charge in [-0.15, -0.1) is 13.2 Å². The van der Waals surface area contributed by atoms with E-state index in [4.69, 9.17) is 4.74 Å². The minimum atomic E-state index is -4.83. The number of halogens is 3. The number of carbonyl (C=O) groups is 1. The molecule has 2 saturated heterocycles. The molecule has 1 amide bonds. The van der Waals surface area contributed by atoms with Gasteiger partial charge in [0.15, 0.2) is 21.6 Å². The van der Waals surface area contributed by atoms with Gasteiger partial charge >= 0.3 is 6.36 Å². The SMILES string of the molecule is O=C(COc1ccccc1)N=C1S[C@H]2CS(=O)(=O)C[C@H]2N1c1ccc(OC(F)(F)F)cc1. The maximum atomic E-state index is 12.4. The van der Waals surface area contributed by atoms with Gasteiger partial charge in [0.1, 0.15) is 11.5 Å². The number of sulfone groups is 1. The van der Waals surface area contributed by atoms with Crippen LogP contribution >= 0.6 is 11.8 Å². The van der Waals surface area contributed by atoms with Crippen LogP contribution in [0.3, 0.4) is 0 Å². The van der Waals surface area contributed by atoms with E-state index in [2.05, 4.69) is 9.73 Å². The Labute approximate surface area is 186 Å². The van der Waals surface area contributed by atoms with Crippen molar-refractivity contribution in [2.45, 2.75) is 17.7 Å². The highest BCUT2D eigenvalue weighted by Crippen LogP contribution is 2.41. The van der Waals surface area contributed by atoms with E-state index in [9.17, 15) is 26.4 Å². The Morgan fingerprint density at radius 2 is 1.75 bits per heavy atom. The van der Waals surface area contributed by atoms with Gasteiger partial charge < -0.3 is 14.4 Å². The van der Waals surface area contributed by atoms with Crippen molar-refractivity contribution in [1.82, 2.24) is 0 Å². The number of rotatable bonds is 5. The van der Waals surface area contributed by atoms with Gasteiger partial charge in [-0.05, 0) is 36.4 Å². The third-order valence-electron chi connectivity index (χ3n) is 4.74. The second kappa shape index (κ2) is 8.66. The average Bonchev–Trinajstić information content (AvgIpc) is 3.17. The largest absolute Gasteiger partial charge is 0.573 e. The molecule has 12 heteroatoms. The van der Waals surface area contributed by atoms with Crippen LogP contribution in [0.1, 0.15) is 0 Å². The molecule has 0 radical (unpaired) electrons. The molecule has 4 rings (SSSR count). The minimum Gasteiger partial charge on any atom is -0.484 e. The molecule has 0 spiro atoms. The van der Waals surface area contributed by atoms with Crippen molar-refractivity contribution in [2.24, 2.45) is 4.99 Å². The first-order valence-electron chi connectivity index (χ1n) is 9.41. The molecule has 2 fully saturated rings. The molecular formula is C20H17F3N2O5S2. The molecule has 2 aromatic carbocycles. The zero-order chi connectivity index (χ0) is 22.9. The van der Waals surface area contributed by atoms with E-state index >= 15 is 0 Å². The maximum absolute atomic E-state index is 12.4. The summed E-state index contributed by atoms with van der Waals surface area (Å²) in [6.07, 6.45) is -4.83. The van der Waals surface area contributed by atoms with Crippen LogP contribution in [0.4, 0.5) is 18.9 Å². The molecule has 2 aliphatic rings. The van der Waals surface area contributed by atoms with Crippen LogP contribution in [0.2, 0.25) is 0 Å². The Balaban J connectivity index is 1.56. The first kappa shape index (κ1) is 22.5. The van der Waals surface area contributed by atoms with Crippen molar-refractivity contribution in [2.75, 3.05) is 23.0 Å². The Bertz CT molecular complexity index is 1120. The standard InChI is InChI=1S/C20H17F3N2O5S2/c21-20(22,23)30-15-8-6-13(7-9-15)25-16-11-32(27,28)12-17(16)31-19(25)24-18(26)10-29-14-4-2-1-3-5-14/h1-9,16-17H,10-12H2/t16-,17+/m1/s1. The highest BCUT2D eigenvalue weighted by Gasteiger charge is 2.49. The molecule has 0 unspecified atom stereocenters.